The van der Waals surface area contributed by atoms with E-state index in [1.54, 1.807) is 0 Å². The Hall–Kier alpha value is -6.68. The van der Waals surface area contributed by atoms with Crippen molar-refractivity contribution in [1.29, 1.82) is 0 Å². The monoisotopic (exact) mass is 1620 g/mol. The number of hydrogen-bond donors (Lipinski definition) is 24. The van der Waals surface area contributed by atoms with Crippen LogP contribution in [0.4, 0.5) is 0 Å². The summed E-state index contributed by atoms with van der Waals surface area (Å²) in [6.45, 7) is 10.3. The van der Waals surface area contributed by atoms with Crippen LogP contribution in [0.1, 0.15) is 231 Å². The molecule has 0 aliphatic carbocycles. The molecule has 6 unspecified atom stereocenters. The third kappa shape index (κ3) is 63.5. The zero-order chi connectivity index (χ0) is 84.1. The first-order chi connectivity index (χ1) is 55.3. The van der Waals surface area contributed by atoms with Crippen molar-refractivity contribution in [2.24, 2.45) is 51.8 Å². The first-order valence-corrected chi connectivity index (χ1v) is 43.1. The topological polar surface area (TPSA) is 605 Å². The predicted molar refractivity (Wildman–Crippen MR) is 449 cm³/mol. The highest BCUT2D eigenvalue weighted by molar-refractivity contribution is 5.91. The van der Waals surface area contributed by atoms with E-state index in [-0.39, 0.29) is 130 Å². The normalized spacial score (nSPS) is 12.8. The number of amides is 11. The van der Waals surface area contributed by atoms with E-state index < -0.39 is 47.9 Å². The number of unbranched alkanes of at least 4 members (excludes halogenated alkanes) is 15. The molecule has 0 bridgehead atoms. The van der Waals surface area contributed by atoms with Gasteiger partial charge < -0.3 is 131 Å². The minimum Gasteiger partial charge on any atom is -0.356 e. The highest BCUT2D eigenvalue weighted by Crippen LogP contribution is 2.15. The summed E-state index contributed by atoms with van der Waals surface area (Å²) in [5.74, 6) is -3.84. The summed E-state index contributed by atoms with van der Waals surface area (Å²) in [7, 11) is 0. The van der Waals surface area contributed by atoms with Gasteiger partial charge in [-0.25, -0.2) is 0 Å². The fourth-order valence-corrected chi connectivity index (χ4v) is 12.0. The Morgan fingerprint density at radius 1 is 0.184 bits per heavy atom. The summed E-state index contributed by atoms with van der Waals surface area (Å²) in [5, 5.41) is 48.0. The third-order valence-corrected chi connectivity index (χ3v) is 19.0. The molecular weight excluding hydrogens is 1470 g/mol. The van der Waals surface area contributed by atoms with Gasteiger partial charge >= 0.3 is 0 Å². The average Bonchev–Trinajstić information content (AvgIpc) is 0.949. The zero-order valence-electron chi connectivity index (χ0n) is 69.4. The lowest BCUT2D eigenvalue weighted by Crippen LogP contribution is -2.48. The number of Topliss-reactive ketones (excluding diaryl/α,β-unsaturated/α-hetero) is 1. The van der Waals surface area contributed by atoms with Gasteiger partial charge in [0.15, 0.2) is 0 Å². The van der Waals surface area contributed by atoms with Crippen molar-refractivity contribution in [2.75, 3.05) is 157 Å². The fourth-order valence-electron chi connectivity index (χ4n) is 12.0. The molecular formula is C78H158N24O12. The number of hydrogen-bond acceptors (Lipinski definition) is 25. The molecule has 36 nitrogen and oxygen atoms in total. The molecule has 0 aromatic heterocycles. The van der Waals surface area contributed by atoms with Crippen LogP contribution in [-0.2, 0) is 57.5 Å². The molecule has 0 heterocycles. The lowest BCUT2D eigenvalue weighted by molar-refractivity contribution is -0.130. The maximum absolute atomic E-state index is 13.8. The molecule has 0 aliphatic heterocycles. The number of carbonyl (C=O) groups is 12. The van der Waals surface area contributed by atoms with Crippen molar-refractivity contribution in [3.8, 4) is 0 Å². The molecule has 0 fully saturated rings. The van der Waals surface area contributed by atoms with Crippen LogP contribution in [0.15, 0.2) is 0 Å². The molecule has 32 N–H and O–H groups in total. The summed E-state index contributed by atoms with van der Waals surface area (Å²) >= 11 is 0. The quantitative estimate of drug-likeness (QED) is 0.0269. The van der Waals surface area contributed by atoms with E-state index in [9.17, 15) is 57.5 Å². The largest absolute Gasteiger partial charge is 0.356 e. The van der Waals surface area contributed by atoms with Crippen molar-refractivity contribution in [2.45, 2.75) is 261 Å². The SMILES string of the molecule is NCCCCCC(CC(=O)NCCCCNC(=O)C(CC(=O)NCCCCNC(=O)CC(NCCCCNC(=O)CC(NCCCCN)C(=O)NCCCCN)C(=O)NCCCCNC(=O)CC(NCCCCN)C(=O)NCCCCN)NCCCCCC(=O)CC(NCCCCN)C(=O)NCCCCN)C(=O)NCCCCN. The van der Waals surface area contributed by atoms with Gasteiger partial charge in [-0.1, -0.05) is 19.3 Å². The minimum atomic E-state index is -0.927. The number of nitrogens with two attached hydrogens (primary N) is 8. The van der Waals surface area contributed by atoms with Gasteiger partial charge in [0.1, 0.15) is 5.78 Å². The Balaban J connectivity index is 5.95. The van der Waals surface area contributed by atoms with Crippen molar-refractivity contribution >= 4 is 70.8 Å². The van der Waals surface area contributed by atoms with Gasteiger partial charge in [-0.15, -0.1) is 0 Å². The summed E-state index contributed by atoms with van der Waals surface area (Å²) < 4.78 is 0. The Bertz CT molecular complexity index is 2370. The molecule has 0 saturated heterocycles. The van der Waals surface area contributed by atoms with E-state index in [0.29, 0.717) is 208 Å². The Labute approximate surface area is 680 Å². The van der Waals surface area contributed by atoms with Gasteiger partial charge in [-0.05, 0) is 252 Å². The molecule has 0 spiro atoms. The van der Waals surface area contributed by atoms with Crippen LogP contribution >= 0.6 is 0 Å². The molecule has 0 radical (unpaired) electrons. The molecule has 36 heteroatoms. The standard InChI is InChI=1S/C78H158N24O12/c79-31-5-1-3-29-61(73(109)97-49-17-9-35-83)55-68(104)92-44-25-27-53-101-77(113)64(88-39-13-2-4-30-62(103)56-63(87-40-14-6-32-80)74(110)98-50-18-10-36-84)57-69(105)94-46-23-24-47-95-72(108)60-67(91-43-21-22-45-93-70(106)58-65(89-41-15-7-33-81)75(111)99-51-19-11-37-85)78(114)102-54-28-26-48-96-71(107)59-66(90-42-16-8-34-82)76(112)100-52-20-12-38-86/h61,63-67,87-91H,1-60,79-86H2,(H,92,104)(H,93,106)(H,94,105)(H,95,108)(H,96,107)(H,97,109)(H,98,110)(H,99,111)(H,100,112)(H,101,113)(H,102,114). The first-order valence-electron chi connectivity index (χ1n) is 43.1. The second-order valence-corrected chi connectivity index (χ2v) is 29.2. The molecule has 0 aromatic rings. The van der Waals surface area contributed by atoms with E-state index in [1.165, 1.54) is 0 Å². The van der Waals surface area contributed by atoms with Crippen LogP contribution in [0, 0.1) is 5.92 Å². The Morgan fingerprint density at radius 3 is 0.649 bits per heavy atom. The van der Waals surface area contributed by atoms with Crippen molar-refractivity contribution in [3.05, 3.63) is 0 Å². The number of ketones is 1. The number of carbonyl (C=O) groups excluding carboxylic acids is 12. The zero-order valence-corrected chi connectivity index (χ0v) is 69.4. The second kappa shape index (κ2) is 77.5. The van der Waals surface area contributed by atoms with Gasteiger partial charge in [0, 0.05) is 97.2 Å². The number of rotatable bonds is 82. The molecule has 11 amide bonds. The van der Waals surface area contributed by atoms with E-state index >= 15 is 0 Å². The third-order valence-electron chi connectivity index (χ3n) is 19.0. The van der Waals surface area contributed by atoms with Crippen LogP contribution < -0.4 is 131 Å². The predicted octanol–water partition coefficient (Wildman–Crippen LogP) is -3.05. The van der Waals surface area contributed by atoms with Gasteiger partial charge in [0.25, 0.3) is 0 Å². The average molecular weight is 1620 g/mol. The number of nitrogens with one attached hydrogen (secondary N) is 16. The lowest BCUT2D eigenvalue weighted by Gasteiger charge is -2.19. The van der Waals surface area contributed by atoms with Gasteiger partial charge in [0.2, 0.25) is 65.0 Å². The fraction of sp³-hybridized carbons (Fsp3) is 0.846. The molecule has 0 aromatic carbocycles. The smallest absolute Gasteiger partial charge is 0.237 e. The summed E-state index contributed by atoms with van der Waals surface area (Å²) in [4.78, 5) is 159. The first kappa shape index (κ1) is 107. The summed E-state index contributed by atoms with van der Waals surface area (Å²) in [6.07, 6.45) is 19.4. The second-order valence-electron chi connectivity index (χ2n) is 29.2. The van der Waals surface area contributed by atoms with E-state index in [0.717, 1.165) is 109 Å². The van der Waals surface area contributed by atoms with Crippen molar-refractivity contribution in [3.63, 3.8) is 0 Å². The van der Waals surface area contributed by atoms with E-state index in [1.807, 2.05) is 0 Å². The van der Waals surface area contributed by atoms with Gasteiger partial charge in [0.05, 0.1) is 55.9 Å². The summed E-state index contributed by atoms with van der Waals surface area (Å²) in [5.41, 5.74) is 45.1. The highest BCUT2D eigenvalue weighted by atomic mass is 16.2. The minimum absolute atomic E-state index is 0.0491. The highest BCUT2D eigenvalue weighted by Gasteiger charge is 2.27. The van der Waals surface area contributed by atoms with Crippen LogP contribution in [0.3, 0.4) is 0 Å². The Morgan fingerprint density at radius 2 is 0.377 bits per heavy atom. The summed E-state index contributed by atoms with van der Waals surface area (Å²) in [6, 6.07) is -3.95. The molecule has 0 aliphatic rings. The van der Waals surface area contributed by atoms with Gasteiger partial charge in [-0.3, -0.25) is 57.5 Å². The lowest BCUT2D eigenvalue weighted by atomic mass is 9.96. The molecule has 6 atom stereocenters. The van der Waals surface area contributed by atoms with E-state index in [4.69, 9.17) is 45.9 Å². The maximum atomic E-state index is 13.8. The molecule has 0 saturated carbocycles. The Kier molecular flexibility index (Phi) is 73.0. The molecule has 0 rings (SSSR count). The van der Waals surface area contributed by atoms with E-state index in [2.05, 4.69) is 85.1 Å². The maximum Gasteiger partial charge on any atom is 0.237 e. The molecule has 114 heavy (non-hydrogen) atoms. The van der Waals surface area contributed by atoms with Gasteiger partial charge in [-0.2, -0.15) is 0 Å². The van der Waals surface area contributed by atoms with Crippen LogP contribution in [0.25, 0.3) is 0 Å². The van der Waals surface area contributed by atoms with Crippen LogP contribution in [0.2, 0.25) is 0 Å². The van der Waals surface area contributed by atoms with Crippen LogP contribution in [0.5, 0.6) is 0 Å². The molecule has 662 valence electrons. The van der Waals surface area contributed by atoms with Crippen molar-refractivity contribution < 1.29 is 57.5 Å². The van der Waals surface area contributed by atoms with Crippen LogP contribution in [-0.4, -0.2) is 258 Å². The van der Waals surface area contributed by atoms with Crippen molar-refractivity contribution in [1.82, 2.24) is 85.1 Å².